The van der Waals surface area contributed by atoms with E-state index in [0.717, 1.165) is 12.1 Å². The molecule has 0 radical (unpaired) electrons. The van der Waals surface area contributed by atoms with Gasteiger partial charge in [-0.1, -0.05) is 12.1 Å². The Morgan fingerprint density at radius 2 is 1.58 bits per heavy atom. The summed E-state index contributed by atoms with van der Waals surface area (Å²) in [6.45, 7) is 0. The first-order valence-electron chi connectivity index (χ1n) is 5.43. The summed E-state index contributed by atoms with van der Waals surface area (Å²) in [4.78, 5) is 0. The van der Waals surface area contributed by atoms with Gasteiger partial charge in [-0.05, 0) is 36.4 Å². The molecule has 19 heavy (non-hydrogen) atoms. The standard InChI is InChI=1S/C14H9F3N2/c15-14(16,17)11-4-2-6-13(8-11)19-12-5-1-3-10(7-12)9-18/h1-8,19H. The van der Waals surface area contributed by atoms with Crippen molar-refractivity contribution in [1.29, 1.82) is 5.26 Å². The average Bonchev–Trinajstić information content (AvgIpc) is 2.38. The number of anilines is 2. The van der Waals surface area contributed by atoms with Crippen LogP contribution >= 0.6 is 0 Å². The fourth-order valence-electron chi connectivity index (χ4n) is 1.61. The summed E-state index contributed by atoms with van der Waals surface area (Å²) in [5, 5.41) is 11.6. The second-order valence-corrected chi connectivity index (χ2v) is 3.90. The van der Waals surface area contributed by atoms with Crippen LogP contribution < -0.4 is 5.32 Å². The molecule has 5 heteroatoms. The first-order valence-corrected chi connectivity index (χ1v) is 5.43. The smallest absolute Gasteiger partial charge is 0.355 e. The van der Waals surface area contributed by atoms with Gasteiger partial charge < -0.3 is 5.32 Å². The number of benzene rings is 2. The summed E-state index contributed by atoms with van der Waals surface area (Å²) < 4.78 is 37.7. The number of hydrogen-bond acceptors (Lipinski definition) is 2. The van der Waals surface area contributed by atoms with Crippen molar-refractivity contribution < 1.29 is 13.2 Å². The quantitative estimate of drug-likeness (QED) is 0.874. The second kappa shape index (κ2) is 5.02. The number of halogens is 3. The van der Waals surface area contributed by atoms with E-state index in [9.17, 15) is 13.2 Å². The molecule has 2 aromatic rings. The Morgan fingerprint density at radius 3 is 2.21 bits per heavy atom. The molecule has 1 N–H and O–H groups in total. The van der Waals surface area contributed by atoms with E-state index in [-0.39, 0.29) is 0 Å². The van der Waals surface area contributed by atoms with Gasteiger partial charge in [-0.25, -0.2) is 0 Å². The van der Waals surface area contributed by atoms with E-state index in [2.05, 4.69) is 5.32 Å². The van der Waals surface area contributed by atoms with Crippen molar-refractivity contribution in [2.75, 3.05) is 5.32 Å². The number of rotatable bonds is 2. The lowest BCUT2D eigenvalue weighted by Gasteiger charge is -2.10. The maximum Gasteiger partial charge on any atom is 0.416 e. The predicted octanol–water partition coefficient (Wildman–Crippen LogP) is 4.32. The maximum absolute atomic E-state index is 12.6. The summed E-state index contributed by atoms with van der Waals surface area (Å²) in [6, 6.07) is 13.4. The number of nitrogens with zero attached hydrogens (tertiary/aromatic N) is 1. The molecule has 0 bridgehead atoms. The van der Waals surface area contributed by atoms with Gasteiger partial charge in [-0.15, -0.1) is 0 Å². The molecule has 0 amide bonds. The van der Waals surface area contributed by atoms with Gasteiger partial charge in [-0.3, -0.25) is 0 Å². The molecule has 0 spiro atoms. The van der Waals surface area contributed by atoms with Gasteiger partial charge in [0.25, 0.3) is 0 Å². The zero-order valence-corrected chi connectivity index (χ0v) is 9.70. The first kappa shape index (κ1) is 13.0. The van der Waals surface area contributed by atoms with Gasteiger partial charge >= 0.3 is 6.18 Å². The van der Waals surface area contributed by atoms with Crippen molar-refractivity contribution >= 4 is 11.4 Å². The molecule has 0 aliphatic rings. The van der Waals surface area contributed by atoms with Crippen LogP contribution in [0.25, 0.3) is 0 Å². The highest BCUT2D eigenvalue weighted by Gasteiger charge is 2.30. The van der Waals surface area contributed by atoms with Crippen LogP contribution in [0.1, 0.15) is 11.1 Å². The molecular weight excluding hydrogens is 253 g/mol. The Labute approximate surface area is 108 Å². The van der Waals surface area contributed by atoms with Crippen molar-refractivity contribution in [2.45, 2.75) is 6.18 Å². The van der Waals surface area contributed by atoms with Gasteiger partial charge in [0.05, 0.1) is 17.2 Å². The number of hydrogen-bond donors (Lipinski definition) is 1. The molecule has 0 heterocycles. The fraction of sp³-hybridized carbons (Fsp3) is 0.0714. The van der Waals surface area contributed by atoms with Crippen molar-refractivity contribution in [2.24, 2.45) is 0 Å². The molecule has 2 rings (SSSR count). The van der Waals surface area contributed by atoms with Crippen LogP contribution in [0.3, 0.4) is 0 Å². The Bertz CT molecular complexity index is 627. The molecular formula is C14H9F3N2. The summed E-state index contributed by atoms with van der Waals surface area (Å²) in [7, 11) is 0. The van der Waals surface area contributed by atoms with Crippen molar-refractivity contribution in [3.05, 3.63) is 59.7 Å². The van der Waals surface area contributed by atoms with E-state index in [1.807, 2.05) is 6.07 Å². The summed E-state index contributed by atoms with van der Waals surface area (Å²) in [6.07, 6.45) is -4.37. The lowest BCUT2D eigenvalue weighted by Crippen LogP contribution is -2.05. The van der Waals surface area contributed by atoms with E-state index in [1.54, 1.807) is 24.3 Å². The van der Waals surface area contributed by atoms with Gasteiger partial charge in [0.1, 0.15) is 0 Å². The van der Waals surface area contributed by atoms with Crippen LogP contribution in [-0.4, -0.2) is 0 Å². The van der Waals surface area contributed by atoms with Crippen molar-refractivity contribution in [3.63, 3.8) is 0 Å². The highest BCUT2D eigenvalue weighted by Crippen LogP contribution is 2.31. The molecule has 0 aromatic heterocycles. The molecule has 0 aliphatic carbocycles. The summed E-state index contributed by atoms with van der Waals surface area (Å²) in [5.41, 5.74) is 0.620. The third-order valence-corrected chi connectivity index (χ3v) is 2.47. The molecule has 0 atom stereocenters. The topological polar surface area (TPSA) is 35.8 Å². The zero-order valence-electron chi connectivity index (χ0n) is 9.70. The van der Waals surface area contributed by atoms with Crippen LogP contribution in [-0.2, 0) is 6.18 Å². The van der Waals surface area contributed by atoms with Crippen molar-refractivity contribution in [1.82, 2.24) is 0 Å². The van der Waals surface area contributed by atoms with Crippen LogP contribution in [0.15, 0.2) is 48.5 Å². The molecule has 0 unspecified atom stereocenters. The Kier molecular flexibility index (Phi) is 3.43. The first-order chi connectivity index (χ1) is 8.99. The Morgan fingerprint density at radius 1 is 0.947 bits per heavy atom. The second-order valence-electron chi connectivity index (χ2n) is 3.90. The van der Waals surface area contributed by atoms with Gasteiger partial charge in [-0.2, -0.15) is 18.4 Å². The lowest BCUT2D eigenvalue weighted by molar-refractivity contribution is -0.137. The highest BCUT2D eigenvalue weighted by molar-refractivity contribution is 5.62. The van der Waals surface area contributed by atoms with Crippen LogP contribution in [0.5, 0.6) is 0 Å². The molecule has 0 saturated heterocycles. The van der Waals surface area contributed by atoms with Crippen molar-refractivity contribution in [3.8, 4) is 6.07 Å². The SMILES string of the molecule is N#Cc1cccc(Nc2cccc(C(F)(F)F)c2)c1. The van der Waals surface area contributed by atoms with E-state index in [1.165, 1.54) is 12.1 Å². The zero-order chi connectivity index (χ0) is 13.9. The normalized spacial score (nSPS) is 10.8. The molecule has 0 aliphatic heterocycles. The predicted molar refractivity (Wildman–Crippen MR) is 65.9 cm³/mol. The monoisotopic (exact) mass is 262 g/mol. The molecule has 0 fully saturated rings. The van der Waals surface area contributed by atoms with E-state index in [4.69, 9.17) is 5.26 Å². The minimum absolute atomic E-state index is 0.324. The van der Waals surface area contributed by atoms with E-state index in [0.29, 0.717) is 16.9 Å². The largest absolute Gasteiger partial charge is 0.416 e. The number of nitrogens with one attached hydrogen (secondary N) is 1. The maximum atomic E-state index is 12.6. The minimum Gasteiger partial charge on any atom is -0.355 e. The third-order valence-electron chi connectivity index (χ3n) is 2.47. The molecule has 0 saturated carbocycles. The number of nitriles is 1. The van der Waals surface area contributed by atoms with Crippen LogP contribution in [0, 0.1) is 11.3 Å². The van der Waals surface area contributed by atoms with Gasteiger partial charge in [0.2, 0.25) is 0 Å². The fourth-order valence-corrected chi connectivity index (χ4v) is 1.61. The molecule has 96 valence electrons. The van der Waals surface area contributed by atoms with E-state index >= 15 is 0 Å². The Balaban J connectivity index is 2.26. The highest BCUT2D eigenvalue weighted by atomic mass is 19.4. The van der Waals surface area contributed by atoms with Gasteiger partial charge in [0, 0.05) is 11.4 Å². The van der Waals surface area contributed by atoms with Crippen LogP contribution in [0.2, 0.25) is 0 Å². The molecule has 2 aromatic carbocycles. The molecule has 2 nitrogen and oxygen atoms in total. The average molecular weight is 262 g/mol. The van der Waals surface area contributed by atoms with E-state index < -0.39 is 11.7 Å². The minimum atomic E-state index is -4.37. The van der Waals surface area contributed by atoms with Crippen LogP contribution in [0.4, 0.5) is 24.5 Å². The Hall–Kier alpha value is -2.48. The lowest BCUT2D eigenvalue weighted by atomic mass is 10.1. The third kappa shape index (κ3) is 3.26. The number of alkyl halides is 3. The summed E-state index contributed by atoms with van der Waals surface area (Å²) in [5.74, 6) is 0. The summed E-state index contributed by atoms with van der Waals surface area (Å²) >= 11 is 0. The van der Waals surface area contributed by atoms with Gasteiger partial charge in [0.15, 0.2) is 0 Å².